The average Bonchev–Trinajstić information content (AvgIpc) is 3.25. The van der Waals surface area contributed by atoms with E-state index in [1.165, 1.54) is 37.4 Å². The molecule has 0 bridgehead atoms. The van der Waals surface area contributed by atoms with Gasteiger partial charge in [-0.05, 0) is 42.5 Å². The van der Waals surface area contributed by atoms with Gasteiger partial charge in [0.05, 0.1) is 23.3 Å². The molecule has 0 aliphatic carbocycles. The lowest BCUT2D eigenvalue weighted by Gasteiger charge is -2.30. The van der Waals surface area contributed by atoms with Gasteiger partial charge in [0.25, 0.3) is 5.91 Å². The van der Waals surface area contributed by atoms with Gasteiger partial charge in [-0.1, -0.05) is 29.8 Å². The Morgan fingerprint density at radius 1 is 0.946 bits per heavy atom. The molecule has 3 aromatic carbocycles. The first kappa shape index (κ1) is 26.3. The maximum absolute atomic E-state index is 14.5. The van der Waals surface area contributed by atoms with E-state index in [9.17, 15) is 35.5 Å². The number of fused-ring (bicyclic) bond motifs is 1. The second-order valence-electron chi connectivity index (χ2n) is 7.70. The predicted octanol–water partition coefficient (Wildman–Crippen LogP) is 7.70. The van der Waals surface area contributed by atoms with Crippen LogP contribution in [0.25, 0.3) is 22.6 Å². The molecule has 1 heterocycles. The van der Waals surface area contributed by atoms with Crippen molar-refractivity contribution in [3.05, 3.63) is 76.8 Å². The van der Waals surface area contributed by atoms with Gasteiger partial charge in [0.2, 0.25) is 5.89 Å². The van der Waals surface area contributed by atoms with Gasteiger partial charge in [-0.2, -0.15) is 26.3 Å². The van der Waals surface area contributed by atoms with Crippen LogP contribution >= 0.6 is 11.6 Å². The van der Waals surface area contributed by atoms with Gasteiger partial charge in [0, 0.05) is 11.3 Å². The van der Waals surface area contributed by atoms with Crippen molar-refractivity contribution in [1.29, 1.82) is 0 Å². The highest BCUT2D eigenvalue weighted by Crippen LogP contribution is 2.53. The lowest BCUT2D eigenvalue weighted by molar-refractivity contribution is -0.348. The number of carbonyl (C=O) groups excluding carboxylic acids is 1. The lowest BCUT2D eigenvalue weighted by atomic mass is 9.94. The van der Waals surface area contributed by atoms with Crippen LogP contribution in [0.3, 0.4) is 0 Å². The summed E-state index contributed by atoms with van der Waals surface area (Å²) in [5.74, 6) is -0.656. The molecular weight excluding hydrogens is 533 g/mol. The fourth-order valence-corrected chi connectivity index (χ4v) is 3.76. The van der Waals surface area contributed by atoms with E-state index >= 15 is 0 Å². The highest BCUT2D eigenvalue weighted by molar-refractivity contribution is 6.34. The molecule has 0 aliphatic heterocycles. The molecule has 0 aliphatic rings. The van der Waals surface area contributed by atoms with Crippen LogP contribution in [0.1, 0.15) is 15.9 Å². The number of nitrogens with zero attached hydrogens (tertiary/aromatic N) is 1. The molecule has 4 rings (SSSR count). The summed E-state index contributed by atoms with van der Waals surface area (Å²) >= 11 is 6.03. The number of hydrogen-bond acceptors (Lipinski definition) is 4. The minimum Gasteiger partial charge on any atom is -0.496 e. The molecule has 1 amide bonds. The summed E-state index contributed by atoms with van der Waals surface area (Å²) in [5.41, 5.74) is -7.50. The first-order chi connectivity index (χ1) is 17.3. The van der Waals surface area contributed by atoms with Gasteiger partial charge < -0.3 is 14.5 Å². The molecule has 0 spiro atoms. The van der Waals surface area contributed by atoms with Crippen molar-refractivity contribution in [1.82, 2.24) is 4.98 Å². The monoisotopic (exact) mass is 546 g/mol. The number of methoxy groups -OCH3 is 1. The van der Waals surface area contributed by atoms with E-state index in [4.69, 9.17) is 20.8 Å². The maximum atomic E-state index is 14.5. The molecule has 0 atom stereocenters. The molecule has 0 saturated carbocycles. The Labute approximate surface area is 208 Å². The summed E-state index contributed by atoms with van der Waals surface area (Å²) in [6.07, 6.45) is -12.6. The summed E-state index contributed by atoms with van der Waals surface area (Å²) in [6, 6.07) is 11.9. The number of carbonyl (C=O) groups is 1. The molecule has 5 nitrogen and oxygen atoms in total. The van der Waals surface area contributed by atoms with Crippen LogP contribution in [-0.4, -0.2) is 30.4 Å². The summed E-state index contributed by atoms with van der Waals surface area (Å²) in [6.45, 7) is 0. The highest BCUT2D eigenvalue weighted by atomic mass is 35.5. The Morgan fingerprint density at radius 3 is 2.24 bits per heavy atom. The van der Waals surface area contributed by atoms with E-state index in [0.29, 0.717) is 12.1 Å². The van der Waals surface area contributed by atoms with Gasteiger partial charge in [-0.15, -0.1) is 0 Å². The number of benzene rings is 3. The summed E-state index contributed by atoms with van der Waals surface area (Å²) < 4.78 is 104. The van der Waals surface area contributed by atoms with Gasteiger partial charge >= 0.3 is 18.0 Å². The number of anilines is 1. The summed E-state index contributed by atoms with van der Waals surface area (Å²) in [4.78, 5) is 16.7. The Bertz CT molecular complexity index is 1470. The number of hydrogen-bond donors (Lipinski definition) is 1. The van der Waals surface area contributed by atoms with Gasteiger partial charge in [-0.25, -0.2) is 9.37 Å². The number of alkyl halides is 7. The van der Waals surface area contributed by atoms with Crippen LogP contribution in [0.2, 0.25) is 5.02 Å². The fraction of sp³-hybridized carbons (Fsp3) is 0.167. The fourth-order valence-electron chi connectivity index (χ4n) is 3.54. The molecule has 0 saturated heterocycles. The molecule has 194 valence electrons. The first-order valence-electron chi connectivity index (χ1n) is 10.2. The standard InChI is InChI=1S/C24H14ClF7N2O3/c1-36-18-9-7-13(33-20(35)14-4-2-3-5-16(14)25)11-15(18)21-34-17-8-6-12(10-19(17)37-21)22(26,23(27,28)29)24(30,31)32/h2-11H,1H3,(H,33,35). The highest BCUT2D eigenvalue weighted by Gasteiger charge is 2.73. The SMILES string of the molecule is COc1ccc(NC(=O)c2ccccc2Cl)cc1-c1nc2ccc(C(F)(C(F)(F)F)C(F)(F)F)cc2o1. The molecule has 0 fully saturated rings. The van der Waals surface area contributed by atoms with E-state index in [0.717, 1.165) is 6.07 Å². The zero-order chi connectivity index (χ0) is 27.2. The lowest BCUT2D eigenvalue weighted by Crippen LogP contribution is -2.50. The van der Waals surface area contributed by atoms with Crippen molar-refractivity contribution in [2.75, 3.05) is 12.4 Å². The Balaban J connectivity index is 1.75. The Morgan fingerprint density at radius 2 is 1.62 bits per heavy atom. The number of ether oxygens (including phenoxy) is 1. The summed E-state index contributed by atoms with van der Waals surface area (Å²) in [7, 11) is 1.30. The normalized spacial score (nSPS) is 12.6. The largest absolute Gasteiger partial charge is 0.496 e. The second-order valence-corrected chi connectivity index (χ2v) is 8.11. The zero-order valence-electron chi connectivity index (χ0n) is 18.5. The van der Waals surface area contributed by atoms with E-state index in [2.05, 4.69) is 10.3 Å². The van der Waals surface area contributed by atoms with E-state index in [1.54, 1.807) is 12.1 Å². The smallest absolute Gasteiger partial charge is 0.435 e. The van der Waals surface area contributed by atoms with Crippen molar-refractivity contribution in [2.45, 2.75) is 18.0 Å². The van der Waals surface area contributed by atoms with Crippen LogP contribution in [-0.2, 0) is 5.67 Å². The number of rotatable bonds is 5. The molecular formula is C24H14ClF7N2O3. The van der Waals surface area contributed by atoms with E-state index in [1.807, 2.05) is 0 Å². The van der Waals surface area contributed by atoms with Crippen LogP contribution in [0.5, 0.6) is 5.75 Å². The van der Waals surface area contributed by atoms with E-state index < -0.39 is 35.1 Å². The molecule has 0 unspecified atom stereocenters. The van der Waals surface area contributed by atoms with E-state index in [-0.39, 0.29) is 39.0 Å². The van der Waals surface area contributed by atoms with Crippen molar-refractivity contribution in [2.24, 2.45) is 0 Å². The van der Waals surface area contributed by atoms with Crippen LogP contribution in [0, 0.1) is 0 Å². The van der Waals surface area contributed by atoms with Crippen molar-refractivity contribution in [3.63, 3.8) is 0 Å². The van der Waals surface area contributed by atoms with Crippen LogP contribution < -0.4 is 10.1 Å². The zero-order valence-corrected chi connectivity index (χ0v) is 19.2. The topological polar surface area (TPSA) is 64.4 Å². The minimum absolute atomic E-state index is 0.107. The third-order valence-electron chi connectivity index (χ3n) is 5.37. The Hall–Kier alpha value is -3.80. The summed E-state index contributed by atoms with van der Waals surface area (Å²) in [5, 5.41) is 2.81. The molecule has 4 aromatic rings. The van der Waals surface area contributed by atoms with Gasteiger partial charge in [0.15, 0.2) is 5.58 Å². The van der Waals surface area contributed by atoms with Crippen molar-refractivity contribution in [3.8, 4) is 17.2 Å². The molecule has 13 heteroatoms. The second kappa shape index (κ2) is 9.25. The first-order valence-corrected chi connectivity index (χ1v) is 10.6. The molecule has 1 aromatic heterocycles. The van der Waals surface area contributed by atoms with Gasteiger partial charge in [-0.3, -0.25) is 4.79 Å². The predicted molar refractivity (Wildman–Crippen MR) is 120 cm³/mol. The van der Waals surface area contributed by atoms with Crippen molar-refractivity contribution < 1.29 is 44.7 Å². The number of amides is 1. The van der Waals surface area contributed by atoms with Gasteiger partial charge in [0.1, 0.15) is 11.3 Å². The average molecular weight is 547 g/mol. The minimum atomic E-state index is -6.28. The molecule has 0 radical (unpaired) electrons. The number of aromatic nitrogens is 1. The number of oxazole rings is 1. The molecule has 1 N–H and O–H groups in total. The number of halogens is 8. The quantitative estimate of drug-likeness (QED) is 0.261. The van der Waals surface area contributed by atoms with Crippen LogP contribution in [0.15, 0.2) is 65.1 Å². The third kappa shape index (κ3) is 4.68. The van der Waals surface area contributed by atoms with Crippen molar-refractivity contribution >= 4 is 34.3 Å². The van der Waals surface area contributed by atoms with Crippen LogP contribution in [0.4, 0.5) is 36.4 Å². The third-order valence-corrected chi connectivity index (χ3v) is 5.70. The maximum Gasteiger partial charge on any atom is 0.435 e. The number of nitrogens with one attached hydrogen (secondary N) is 1. The Kier molecular flexibility index (Phi) is 6.57. The molecule has 37 heavy (non-hydrogen) atoms.